The van der Waals surface area contributed by atoms with Gasteiger partial charge in [0.05, 0.1) is 0 Å². The van der Waals surface area contributed by atoms with Crippen molar-refractivity contribution in [3.8, 4) is 5.75 Å². The van der Waals surface area contributed by atoms with Crippen LogP contribution in [0.2, 0.25) is 0 Å². The second-order valence-corrected chi connectivity index (χ2v) is 3.13. The molecular formula is C12H14O3. The molecule has 0 atom stereocenters. The molecule has 15 heavy (non-hydrogen) atoms. The lowest BCUT2D eigenvalue weighted by Gasteiger charge is -2.04. The molecule has 0 fully saturated rings. The highest BCUT2D eigenvalue weighted by Gasteiger charge is 1.95. The van der Waals surface area contributed by atoms with Crippen LogP contribution in [0.25, 0.3) is 6.08 Å². The zero-order chi connectivity index (χ0) is 11.1. The Morgan fingerprint density at radius 2 is 2.27 bits per heavy atom. The molecule has 3 heteroatoms. The third kappa shape index (κ3) is 3.95. The minimum atomic E-state index is 0.222. The lowest BCUT2D eigenvalue weighted by atomic mass is 10.1. The summed E-state index contributed by atoms with van der Waals surface area (Å²) in [4.78, 5) is 10.4. The van der Waals surface area contributed by atoms with Gasteiger partial charge in [0.25, 0.3) is 0 Å². The van der Waals surface area contributed by atoms with Gasteiger partial charge in [-0.1, -0.05) is 12.1 Å². The molecule has 0 aliphatic heterocycles. The molecule has 0 radical (unpaired) electrons. The van der Waals surface area contributed by atoms with E-state index in [0.29, 0.717) is 5.57 Å². The van der Waals surface area contributed by atoms with Crippen molar-refractivity contribution >= 4 is 12.4 Å². The zero-order valence-electron chi connectivity index (χ0n) is 8.90. The van der Waals surface area contributed by atoms with Crippen molar-refractivity contribution in [3.05, 3.63) is 35.4 Å². The first-order chi connectivity index (χ1) is 7.26. The average Bonchev–Trinajstić information content (AvgIpc) is 2.26. The highest BCUT2D eigenvalue weighted by Crippen LogP contribution is 2.15. The second kappa shape index (κ2) is 5.98. The van der Waals surface area contributed by atoms with Crippen LogP contribution in [-0.2, 0) is 9.53 Å². The molecule has 1 aromatic carbocycles. The summed E-state index contributed by atoms with van der Waals surface area (Å²) >= 11 is 0. The molecule has 0 aliphatic carbocycles. The standard InChI is InChI=1S/C12H14O3/c1-10(8-13)6-11-4-3-5-12(7-11)15-9-14-2/h3-8H,9H2,1-2H3. The van der Waals surface area contributed by atoms with E-state index in [4.69, 9.17) is 9.47 Å². The number of methoxy groups -OCH3 is 1. The molecule has 0 amide bonds. The van der Waals surface area contributed by atoms with Gasteiger partial charge in [-0.3, -0.25) is 4.79 Å². The lowest BCUT2D eigenvalue weighted by Crippen LogP contribution is -1.98. The Bertz CT molecular complexity index is 356. The van der Waals surface area contributed by atoms with Crippen LogP contribution in [0.3, 0.4) is 0 Å². The number of carbonyl (C=O) groups excluding carboxylic acids is 1. The van der Waals surface area contributed by atoms with E-state index >= 15 is 0 Å². The molecule has 1 aromatic rings. The van der Waals surface area contributed by atoms with Crippen LogP contribution in [0.15, 0.2) is 29.8 Å². The van der Waals surface area contributed by atoms with Crippen molar-refractivity contribution < 1.29 is 14.3 Å². The molecule has 0 saturated heterocycles. The van der Waals surface area contributed by atoms with Gasteiger partial charge >= 0.3 is 0 Å². The predicted molar refractivity (Wildman–Crippen MR) is 58.7 cm³/mol. The highest BCUT2D eigenvalue weighted by atomic mass is 16.7. The SMILES string of the molecule is COCOc1cccc(C=C(C)C=O)c1. The van der Waals surface area contributed by atoms with E-state index in [9.17, 15) is 4.79 Å². The van der Waals surface area contributed by atoms with Crippen LogP contribution in [-0.4, -0.2) is 20.2 Å². The minimum Gasteiger partial charge on any atom is -0.468 e. The third-order valence-electron chi connectivity index (χ3n) is 1.78. The Kier molecular flexibility index (Phi) is 4.57. The normalized spacial score (nSPS) is 11.2. The minimum absolute atomic E-state index is 0.222. The molecular weight excluding hydrogens is 192 g/mol. The number of aldehydes is 1. The zero-order valence-corrected chi connectivity index (χ0v) is 8.90. The molecule has 0 N–H and O–H groups in total. The predicted octanol–water partition coefficient (Wildman–Crippen LogP) is 2.27. The molecule has 0 saturated carbocycles. The van der Waals surface area contributed by atoms with Gasteiger partial charge in [-0.2, -0.15) is 0 Å². The van der Waals surface area contributed by atoms with Gasteiger partial charge in [0, 0.05) is 7.11 Å². The maximum atomic E-state index is 10.4. The summed E-state index contributed by atoms with van der Waals surface area (Å²) in [5, 5.41) is 0. The van der Waals surface area contributed by atoms with Crippen molar-refractivity contribution in [1.29, 1.82) is 0 Å². The first kappa shape index (κ1) is 11.5. The summed E-state index contributed by atoms with van der Waals surface area (Å²) < 4.78 is 10.1. The molecule has 0 aromatic heterocycles. The van der Waals surface area contributed by atoms with Gasteiger partial charge in [0.15, 0.2) is 6.79 Å². The van der Waals surface area contributed by atoms with E-state index in [1.165, 1.54) is 0 Å². The van der Waals surface area contributed by atoms with Crippen LogP contribution in [0.4, 0.5) is 0 Å². The first-order valence-electron chi connectivity index (χ1n) is 4.61. The van der Waals surface area contributed by atoms with Gasteiger partial charge in [0.1, 0.15) is 12.0 Å². The van der Waals surface area contributed by atoms with E-state index in [1.54, 1.807) is 20.1 Å². The van der Waals surface area contributed by atoms with Crippen molar-refractivity contribution in [2.24, 2.45) is 0 Å². The summed E-state index contributed by atoms with van der Waals surface area (Å²) in [7, 11) is 1.57. The lowest BCUT2D eigenvalue weighted by molar-refractivity contribution is -0.104. The molecule has 0 aliphatic rings. The summed E-state index contributed by atoms with van der Waals surface area (Å²) in [5.41, 5.74) is 1.62. The maximum absolute atomic E-state index is 10.4. The van der Waals surface area contributed by atoms with Crippen LogP contribution in [0, 0.1) is 0 Å². The van der Waals surface area contributed by atoms with E-state index < -0.39 is 0 Å². The topological polar surface area (TPSA) is 35.5 Å². The summed E-state index contributed by atoms with van der Waals surface area (Å²) in [6.07, 6.45) is 2.62. The number of rotatable bonds is 5. The van der Waals surface area contributed by atoms with Crippen molar-refractivity contribution in [2.45, 2.75) is 6.92 Å². The van der Waals surface area contributed by atoms with Crippen LogP contribution in [0.5, 0.6) is 5.75 Å². The third-order valence-corrected chi connectivity index (χ3v) is 1.78. The van der Waals surface area contributed by atoms with Crippen molar-refractivity contribution in [1.82, 2.24) is 0 Å². The summed E-state index contributed by atoms with van der Waals surface area (Å²) in [5.74, 6) is 0.726. The van der Waals surface area contributed by atoms with Gasteiger partial charge < -0.3 is 9.47 Å². The molecule has 0 heterocycles. The molecule has 80 valence electrons. The van der Waals surface area contributed by atoms with E-state index in [-0.39, 0.29) is 6.79 Å². The Balaban J connectivity index is 2.78. The summed E-state index contributed by atoms with van der Waals surface area (Å²) in [6.45, 7) is 1.98. The Morgan fingerprint density at radius 3 is 2.93 bits per heavy atom. The maximum Gasteiger partial charge on any atom is 0.188 e. The number of ether oxygens (including phenoxy) is 2. The van der Waals surface area contributed by atoms with E-state index in [1.807, 2.05) is 24.3 Å². The van der Waals surface area contributed by atoms with Crippen molar-refractivity contribution in [2.75, 3.05) is 13.9 Å². The quantitative estimate of drug-likeness (QED) is 0.421. The molecule has 0 bridgehead atoms. The molecule has 0 unspecified atom stereocenters. The van der Waals surface area contributed by atoms with Crippen LogP contribution in [0.1, 0.15) is 12.5 Å². The van der Waals surface area contributed by atoms with Crippen molar-refractivity contribution in [3.63, 3.8) is 0 Å². The van der Waals surface area contributed by atoms with Gasteiger partial charge in [-0.05, 0) is 36.3 Å². The smallest absolute Gasteiger partial charge is 0.188 e. The van der Waals surface area contributed by atoms with Crippen LogP contribution < -0.4 is 4.74 Å². The fraction of sp³-hybridized carbons (Fsp3) is 0.250. The molecule has 0 spiro atoms. The number of benzene rings is 1. The fourth-order valence-corrected chi connectivity index (χ4v) is 1.12. The highest BCUT2D eigenvalue weighted by molar-refractivity contribution is 5.80. The average molecular weight is 206 g/mol. The number of carbonyl (C=O) groups is 1. The monoisotopic (exact) mass is 206 g/mol. The van der Waals surface area contributed by atoms with E-state index in [2.05, 4.69) is 0 Å². The molecule has 1 rings (SSSR count). The number of hydrogen-bond acceptors (Lipinski definition) is 3. The summed E-state index contributed by atoms with van der Waals surface area (Å²) in [6, 6.07) is 7.47. The number of hydrogen-bond donors (Lipinski definition) is 0. The Hall–Kier alpha value is -1.61. The van der Waals surface area contributed by atoms with Crippen LogP contribution >= 0.6 is 0 Å². The largest absolute Gasteiger partial charge is 0.468 e. The Morgan fingerprint density at radius 1 is 1.47 bits per heavy atom. The Labute approximate surface area is 89.3 Å². The second-order valence-electron chi connectivity index (χ2n) is 3.13. The van der Waals surface area contributed by atoms with Gasteiger partial charge in [-0.15, -0.1) is 0 Å². The fourth-order valence-electron chi connectivity index (χ4n) is 1.12. The van der Waals surface area contributed by atoms with Gasteiger partial charge in [-0.25, -0.2) is 0 Å². The van der Waals surface area contributed by atoms with E-state index in [0.717, 1.165) is 17.6 Å². The first-order valence-corrected chi connectivity index (χ1v) is 4.61. The molecule has 3 nitrogen and oxygen atoms in total. The number of allylic oxidation sites excluding steroid dienone is 1. The van der Waals surface area contributed by atoms with Gasteiger partial charge in [0.2, 0.25) is 0 Å².